The molecule has 0 amide bonds. The first-order chi connectivity index (χ1) is 6.36. The van der Waals surface area contributed by atoms with Crippen LogP contribution < -0.4 is 9.47 Å². The van der Waals surface area contributed by atoms with Crippen molar-refractivity contribution >= 4 is 11.8 Å². The van der Waals surface area contributed by atoms with Crippen molar-refractivity contribution in [2.75, 3.05) is 13.0 Å². The molecule has 1 aromatic carbocycles. The predicted molar refractivity (Wildman–Crippen MR) is 49.1 cm³/mol. The SMILES string of the molecule is CSc1c(C#N)ccc2c1OCO2. The molecule has 1 aliphatic rings. The van der Waals surface area contributed by atoms with Gasteiger partial charge in [0.05, 0.1) is 10.5 Å². The van der Waals surface area contributed by atoms with Gasteiger partial charge in [-0.3, -0.25) is 0 Å². The van der Waals surface area contributed by atoms with Crippen molar-refractivity contribution in [2.45, 2.75) is 4.90 Å². The fraction of sp³-hybridized carbons (Fsp3) is 0.222. The second kappa shape index (κ2) is 3.19. The molecule has 1 heterocycles. The quantitative estimate of drug-likeness (QED) is 0.640. The monoisotopic (exact) mass is 193 g/mol. The molecule has 0 atom stereocenters. The number of thioether (sulfide) groups is 1. The second-order valence-corrected chi connectivity index (χ2v) is 3.31. The number of hydrogen-bond acceptors (Lipinski definition) is 4. The van der Waals surface area contributed by atoms with E-state index in [1.54, 1.807) is 12.1 Å². The van der Waals surface area contributed by atoms with Gasteiger partial charge in [-0.05, 0) is 18.4 Å². The molecule has 4 heteroatoms. The summed E-state index contributed by atoms with van der Waals surface area (Å²) in [6, 6.07) is 5.63. The molecule has 0 spiro atoms. The number of nitriles is 1. The highest BCUT2D eigenvalue weighted by Gasteiger charge is 2.19. The van der Waals surface area contributed by atoms with Gasteiger partial charge in [0.25, 0.3) is 0 Å². The highest BCUT2D eigenvalue weighted by molar-refractivity contribution is 7.98. The maximum Gasteiger partial charge on any atom is 0.231 e. The van der Waals surface area contributed by atoms with Gasteiger partial charge in [0.2, 0.25) is 6.79 Å². The Morgan fingerprint density at radius 1 is 1.46 bits per heavy atom. The average Bonchev–Trinajstić information content (AvgIpc) is 2.63. The molecule has 13 heavy (non-hydrogen) atoms. The third-order valence-corrected chi connectivity index (χ3v) is 2.63. The molecule has 0 saturated carbocycles. The molecule has 66 valence electrons. The average molecular weight is 193 g/mol. The van der Waals surface area contributed by atoms with Gasteiger partial charge in [0.15, 0.2) is 11.5 Å². The summed E-state index contributed by atoms with van der Waals surface area (Å²) in [7, 11) is 0. The Morgan fingerprint density at radius 3 is 3.00 bits per heavy atom. The minimum Gasteiger partial charge on any atom is -0.454 e. The van der Waals surface area contributed by atoms with Gasteiger partial charge in [0.1, 0.15) is 6.07 Å². The van der Waals surface area contributed by atoms with Gasteiger partial charge in [-0.2, -0.15) is 5.26 Å². The molecule has 3 nitrogen and oxygen atoms in total. The number of nitrogens with zero attached hydrogens (tertiary/aromatic N) is 1. The Labute approximate surface area is 80.3 Å². The molecular formula is C9H7NO2S. The number of rotatable bonds is 1. The maximum atomic E-state index is 8.82. The van der Waals surface area contributed by atoms with Crippen LogP contribution >= 0.6 is 11.8 Å². The van der Waals surface area contributed by atoms with Crippen LogP contribution in [-0.4, -0.2) is 13.0 Å². The first-order valence-corrected chi connectivity index (χ1v) is 4.96. The zero-order valence-electron chi connectivity index (χ0n) is 7.03. The van der Waals surface area contributed by atoms with Crippen LogP contribution in [0.3, 0.4) is 0 Å². The van der Waals surface area contributed by atoms with Crippen LogP contribution in [0.25, 0.3) is 0 Å². The van der Waals surface area contributed by atoms with Gasteiger partial charge in [-0.25, -0.2) is 0 Å². The number of hydrogen-bond donors (Lipinski definition) is 0. The molecule has 0 unspecified atom stereocenters. The van der Waals surface area contributed by atoms with E-state index < -0.39 is 0 Å². The molecular weight excluding hydrogens is 186 g/mol. The molecule has 0 bridgehead atoms. The van der Waals surface area contributed by atoms with Gasteiger partial charge < -0.3 is 9.47 Å². The Morgan fingerprint density at radius 2 is 2.31 bits per heavy atom. The smallest absolute Gasteiger partial charge is 0.231 e. The van der Waals surface area contributed by atoms with E-state index in [-0.39, 0.29) is 6.79 Å². The number of benzene rings is 1. The van der Waals surface area contributed by atoms with Crippen molar-refractivity contribution in [2.24, 2.45) is 0 Å². The molecule has 0 saturated heterocycles. The zero-order chi connectivity index (χ0) is 9.26. The summed E-state index contributed by atoms with van der Waals surface area (Å²) in [5.74, 6) is 1.43. The van der Waals surface area contributed by atoms with Crippen LogP contribution in [0.2, 0.25) is 0 Å². The van der Waals surface area contributed by atoms with Crippen molar-refractivity contribution in [3.63, 3.8) is 0 Å². The Bertz CT molecular complexity index is 384. The van der Waals surface area contributed by atoms with E-state index in [1.165, 1.54) is 11.8 Å². The maximum absolute atomic E-state index is 8.82. The minimum absolute atomic E-state index is 0.248. The first kappa shape index (κ1) is 8.27. The van der Waals surface area contributed by atoms with E-state index in [0.29, 0.717) is 11.3 Å². The third-order valence-electron chi connectivity index (χ3n) is 1.82. The van der Waals surface area contributed by atoms with Crippen LogP contribution in [-0.2, 0) is 0 Å². The lowest BCUT2D eigenvalue weighted by atomic mass is 10.2. The molecule has 2 rings (SSSR count). The van der Waals surface area contributed by atoms with Crippen LogP contribution in [0, 0.1) is 11.3 Å². The van der Waals surface area contributed by atoms with Gasteiger partial charge in [0, 0.05) is 0 Å². The lowest BCUT2D eigenvalue weighted by molar-refractivity contribution is 0.172. The highest BCUT2D eigenvalue weighted by Crippen LogP contribution is 2.41. The molecule has 1 aliphatic heterocycles. The van der Waals surface area contributed by atoms with Crippen molar-refractivity contribution in [1.29, 1.82) is 5.26 Å². The summed E-state index contributed by atoms with van der Waals surface area (Å²) in [5.41, 5.74) is 0.636. The van der Waals surface area contributed by atoms with E-state index in [0.717, 1.165) is 10.6 Å². The van der Waals surface area contributed by atoms with Gasteiger partial charge in [-0.15, -0.1) is 11.8 Å². The first-order valence-electron chi connectivity index (χ1n) is 3.73. The van der Waals surface area contributed by atoms with Crippen molar-refractivity contribution < 1.29 is 9.47 Å². The molecule has 0 radical (unpaired) electrons. The lowest BCUT2D eigenvalue weighted by Gasteiger charge is -2.03. The topological polar surface area (TPSA) is 42.2 Å². The van der Waals surface area contributed by atoms with E-state index in [2.05, 4.69) is 6.07 Å². The summed E-state index contributed by atoms with van der Waals surface area (Å²) >= 11 is 1.50. The predicted octanol–water partition coefficient (Wildman–Crippen LogP) is 2.01. The Balaban J connectivity index is 2.61. The lowest BCUT2D eigenvalue weighted by Crippen LogP contribution is -1.93. The molecule has 0 fully saturated rings. The fourth-order valence-electron chi connectivity index (χ4n) is 1.24. The summed E-state index contributed by atoms with van der Waals surface area (Å²) in [5, 5.41) is 8.82. The third kappa shape index (κ3) is 1.21. The fourth-order valence-corrected chi connectivity index (χ4v) is 1.92. The van der Waals surface area contributed by atoms with Crippen LogP contribution in [0.5, 0.6) is 11.5 Å². The summed E-state index contributed by atoms with van der Waals surface area (Å²) < 4.78 is 10.5. The zero-order valence-corrected chi connectivity index (χ0v) is 7.85. The van der Waals surface area contributed by atoms with Crippen LogP contribution in [0.15, 0.2) is 17.0 Å². The highest BCUT2D eigenvalue weighted by atomic mass is 32.2. The van der Waals surface area contributed by atoms with E-state index >= 15 is 0 Å². The van der Waals surface area contributed by atoms with Gasteiger partial charge in [-0.1, -0.05) is 0 Å². The summed E-state index contributed by atoms with van der Waals surface area (Å²) in [6.07, 6.45) is 1.91. The van der Waals surface area contributed by atoms with Crippen molar-refractivity contribution in [1.82, 2.24) is 0 Å². The number of fused-ring (bicyclic) bond motifs is 1. The van der Waals surface area contributed by atoms with Crippen molar-refractivity contribution in [3.05, 3.63) is 17.7 Å². The van der Waals surface area contributed by atoms with E-state index in [1.807, 2.05) is 6.26 Å². The molecule has 0 N–H and O–H groups in total. The van der Waals surface area contributed by atoms with Crippen molar-refractivity contribution in [3.8, 4) is 17.6 Å². The number of ether oxygens (including phenoxy) is 2. The van der Waals surface area contributed by atoms with Gasteiger partial charge >= 0.3 is 0 Å². The minimum atomic E-state index is 0.248. The van der Waals surface area contributed by atoms with Crippen LogP contribution in [0.4, 0.5) is 0 Å². The summed E-state index contributed by atoms with van der Waals surface area (Å²) in [6.45, 7) is 0.248. The van der Waals surface area contributed by atoms with Crippen LogP contribution in [0.1, 0.15) is 5.56 Å². The normalized spacial score (nSPS) is 12.6. The Kier molecular flexibility index (Phi) is 2.03. The van der Waals surface area contributed by atoms with E-state index in [9.17, 15) is 0 Å². The largest absolute Gasteiger partial charge is 0.454 e. The second-order valence-electron chi connectivity index (χ2n) is 2.49. The standard InChI is InChI=1S/C9H7NO2S/c1-13-9-6(4-10)2-3-7-8(9)12-5-11-7/h2-3H,5H2,1H3. The molecule has 0 aromatic heterocycles. The van der Waals surface area contributed by atoms with E-state index in [4.69, 9.17) is 14.7 Å². The molecule has 1 aromatic rings. The summed E-state index contributed by atoms with van der Waals surface area (Å²) in [4.78, 5) is 0.859. The Hall–Kier alpha value is -1.34. The molecule has 0 aliphatic carbocycles.